The fourth-order valence-corrected chi connectivity index (χ4v) is 2.23. The van der Waals surface area contributed by atoms with Crippen LogP contribution in [0.5, 0.6) is 11.5 Å². The molecule has 0 saturated heterocycles. The van der Waals surface area contributed by atoms with Gasteiger partial charge in [0, 0.05) is 19.2 Å². The molecule has 9 heteroatoms. The highest BCUT2D eigenvalue weighted by Gasteiger charge is 2.23. The number of methoxy groups -OCH3 is 2. The number of rotatable bonds is 5. The monoisotopic (exact) mass is 339 g/mol. The van der Waals surface area contributed by atoms with E-state index >= 15 is 0 Å². The lowest BCUT2D eigenvalue weighted by molar-refractivity contribution is 0.0692. The third-order valence-corrected chi connectivity index (χ3v) is 3.40. The minimum atomic E-state index is -1.25. The lowest BCUT2D eigenvalue weighted by atomic mass is 10.2. The number of aromatic nitrogens is 2. The summed E-state index contributed by atoms with van der Waals surface area (Å²) in [7, 11) is 4.32. The number of ether oxygens (including phenoxy) is 2. The molecule has 0 aliphatic heterocycles. The molecule has 1 heterocycles. The van der Waals surface area contributed by atoms with Crippen molar-refractivity contribution in [2.75, 3.05) is 19.5 Å². The van der Waals surface area contributed by atoms with Gasteiger partial charge in [-0.2, -0.15) is 5.10 Å². The minimum Gasteiger partial charge on any atom is -0.495 e. The van der Waals surface area contributed by atoms with Crippen LogP contribution >= 0.6 is 11.6 Å². The van der Waals surface area contributed by atoms with Gasteiger partial charge < -0.3 is 19.9 Å². The normalized spacial score (nSPS) is 10.3. The molecule has 0 aliphatic rings. The Morgan fingerprint density at radius 1 is 1.26 bits per heavy atom. The third-order valence-electron chi connectivity index (χ3n) is 3.11. The molecule has 0 aliphatic carbocycles. The van der Waals surface area contributed by atoms with Crippen LogP contribution in [0, 0.1) is 0 Å². The number of nitrogens with one attached hydrogen (secondary N) is 1. The number of carbonyl (C=O) groups is 2. The number of halogens is 1. The van der Waals surface area contributed by atoms with Gasteiger partial charge in [0.15, 0.2) is 0 Å². The molecule has 1 aromatic carbocycles. The number of carboxylic acids is 1. The Hall–Kier alpha value is -2.74. The second-order valence-corrected chi connectivity index (χ2v) is 4.88. The predicted octanol–water partition coefficient (Wildman–Crippen LogP) is 2.04. The molecule has 0 atom stereocenters. The predicted molar refractivity (Wildman–Crippen MR) is 82.7 cm³/mol. The van der Waals surface area contributed by atoms with Crippen molar-refractivity contribution in [3.8, 4) is 11.5 Å². The van der Waals surface area contributed by atoms with E-state index in [9.17, 15) is 9.59 Å². The van der Waals surface area contributed by atoms with E-state index in [4.69, 9.17) is 26.2 Å². The highest BCUT2D eigenvalue weighted by Crippen LogP contribution is 2.36. The van der Waals surface area contributed by atoms with Gasteiger partial charge in [-0.05, 0) is 0 Å². The molecule has 2 rings (SSSR count). The molecule has 23 heavy (non-hydrogen) atoms. The van der Waals surface area contributed by atoms with Crippen molar-refractivity contribution in [3.63, 3.8) is 0 Å². The van der Waals surface area contributed by atoms with E-state index in [0.29, 0.717) is 16.5 Å². The van der Waals surface area contributed by atoms with Crippen molar-refractivity contribution < 1.29 is 24.2 Å². The number of anilines is 1. The van der Waals surface area contributed by atoms with Gasteiger partial charge in [0.2, 0.25) is 0 Å². The van der Waals surface area contributed by atoms with Crippen molar-refractivity contribution in [2.24, 2.45) is 7.05 Å². The summed E-state index contributed by atoms with van der Waals surface area (Å²) < 4.78 is 11.4. The van der Waals surface area contributed by atoms with E-state index in [0.717, 1.165) is 6.20 Å². The zero-order chi connectivity index (χ0) is 17.1. The van der Waals surface area contributed by atoms with E-state index in [1.54, 1.807) is 0 Å². The number of nitrogens with zero attached hydrogens (tertiary/aromatic N) is 2. The molecule has 2 N–H and O–H groups in total. The van der Waals surface area contributed by atoms with Crippen molar-refractivity contribution in [2.45, 2.75) is 0 Å². The molecular formula is C14H14ClN3O5. The summed E-state index contributed by atoms with van der Waals surface area (Å²) in [4.78, 5) is 23.6. The zero-order valence-corrected chi connectivity index (χ0v) is 13.3. The molecule has 0 bridgehead atoms. The standard InChI is InChI=1S/C14H14ClN3O5/c1-18-12(7(6-16-18)14(20)21)13(19)17-9-5-10(22-2)8(15)4-11(9)23-3/h4-6H,1-3H3,(H,17,19)(H,20,21). The fourth-order valence-electron chi connectivity index (χ4n) is 2.00. The summed E-state index contributed by atoms with van der Waals surface area (Å²) >= 11 is 6.00. The summed E-state index contributed by atoms with van der Waals surface area (Å²) in [6.45, 7) is 0. The molecule has 122 valence electrons. The van der Waals surface area contributed by atoms with Crippen LogP contribution in [0.25, 0.3) is 0 Å². The first-order chi connectivity index (χ1) is 10.9. The van der Waals surface area contributed by atoms with Gasteiger partial charge in [-0.15, -0.1) is 0 Å². The first-order valence-corrected chi connectivity index (χ1v) is 6.75. The summed E-state index contributed by atoms with van der Waals surface area (Å²) in [6, 6.07) is 2.97. The number of aryl methyl sites for hydroxylation is 1. The van der Waals surface area contributed by atoms with Crippen LogP contribution in [0.4, 0.5) is 5.69 Å². The smallest absolute Gasteiger partial charge is 0.339 e. The molecule has 8 nitrogen and oxygen atoms in total. The molecule has 0 unspecified atom stereocenters. The Kier molecular flexibility index (Phi) is 4.75. The first-order valence-electron chi connectivity index (χ1n) is 6.37. The summed E-state index contributed by atoms with van der Waals surface area (Å²) in [5.41, 5.74) is -0.00495. The van der Waals surface area contributed by atoms with Crippen LogP contribution in [0.2, 0.25) is 5.02 Å². The lowest BCUT2D eigenvalue weighted by Crippen LogP contribution is -2.19. The maximum absolute atomic E-state index is 12.4. The lowest BCUT2D eigenvalue weighted by Gasteiger charge is -2.13. The van der Waals surface area contributed by atoms with Crippen LogP contribution < -0.4 is 14.8 Å². The third kappa shape index (κ3) is 3.21. The quantitative estimate of drug-likeness (QED) is 0.864. The number of aromatic carboxylic acids is 1. The first kappa shape index (κ1) is 16.6. The van der Waals surface area contributed by atoms with Gasteiger partial charge in [-0.25, -0.2) is 4.79 Å². The maximum atomic E-state index is 12.4. The number of hydrogen-bond donors (Lipinski definition) is 2. The van der Waals surface area contributed by atoms with Crippen LogP contribution in [0.3, 0.4) is 0 Å². The number of carbonyl (C=O) groups excluding carboxylic acids is 1. The fraction of sp³-hybridized carbons (Fsp3) is 0.214. The minimum absolute atomic E-state index is 0.0894. The van der Waals surface area contributed by atoms with Gasteiger partial charge in [0.05, 0.1) is 31.1 Å². The summed E-state index contributed by atoms with van der Waals surface area (Å²) in [6.07, 6.45) is 1.11. The second kappa shape index (κ2) is 6.57. The number of benzene rings is 1. The zero-order valence-electron chi connectivity index (χ0n) is 12.6. The highest BCUT2D eigenvalue weighted by atomic mass is 35.5. The second-order valence-electron chi connectivity index (χ2n) is 4.48. The van der Waals surface area contributed by atoms with Crippen molar-refractivity contribution in [1.29, 1.82) is 0 Å². The molecule has 0 saturated carbocycles. The molecule has 0 spiro atoms. The Balaban J connectivity index is 2.41. The molecule has 2 aromatic rings. The Morgan fingerprint density at radius 2 is 1.91 bits per heavy atom. The molecular weight excluding hydrogens is 326 g/mol. The average Bonchev–Trinajstić information content (AvgIpc) is 2.90. The summed E-state index contributed by atoms with van der Waals surface area (Å²) in [5.74, 6) is -1.25. The maximum Gasteiger partial charge on any atom is 0.339 e. The molecule has 0 radical (unpaired) electrons. The number of hydrogen-bond acceptors (Lipinski definition) is 5. The van der Waals surface area contributed by atoms with Crippen molar-refractivity contribution in [1.82, 2.24) is 9.78 Å². The van der Waals surface area contributed by atoms with E-state index in [1.165, 1.54) is 38.1 Å². The van der Waals surface area contributed by atoms with Crippen LogP contribution in [-0.2, 0) is 7.05 Å². The molecule has 1 aromatic heterocycles. The van der Waals surface area contributed by atoms with Crippen LogP contribution in [0.1, 0.15) is 20.8 Å². The van der Waals surface area contributed by atoms with E-state index < -0.39 is 11.9 Å². The van der Waals surface area contributed by atoms with Crippen LogP contribution in [0.15, 0.2) is 18.3 Å². The van der Waals surface area contributed by atoms with Gasteiger partial charge >= 0.3 is 5.97 Å². The number of amides is 1. The van der Waals surface area contributed by atoms with Gasteiger partial charge in [0.1, 0.15) is 22.8 Å². The average molecular weight is 340 g/mol. The summed E-state index contributed by atoms with van der Waals surface area (Å²) in [5, 5.41) is 15.8. The van der Waals surface area contributed by atoms with E-state index in [1.807, 2.05) is 0 Å². The van der Waals surface area contributed by atoms with Gasteiger partial charge in [0.25, 0.3) is 5.91 Å². The Labute approximate surface area is 136 Å². The molecule has 1 amide bonds. The Bertz CT molecular complexity index is 772. The molecule has 0 fully saturated rings. The van der Waals surface area contributed by atoms with Crippen molar-refractivity contribution >= 4 is 29.2 Å². The topological polar surface area (TPSA) is 103 Å². The van der Waals surface area contributed by atoms with Gasteiger partial charge in [-0.1, -0.05) is 11.6 Å². The van der Waals surface area contributed by atoms with Crippen LogP contribution in [-0.4, -0.2) is 41.0 Å². The van der Waals surface area contributed by atoms with Gasteiger partial charge in [-0.3, -0.25) is 9.48 Å². The van der Waals surface area contributed by atoms with E-state index in [2.05, 4.69) is 10.4 Å². The SMILES string of the molecule is COc1cc(NC(=O)c2c(C(=O)O)cnn2C)c(OC)cc1Cl. The largest absolute Gasteiger partial charge is 0.495 e. The Morgan fingerprint density at radius 3 is 2.48 bits per heavy atom. The highest BCUT2D eigenvalue weighted by molar-refractivity contribution is 6.32. The van der Waals surface area contributed by atoms with E-state index in [-0.39, 0.29) is 16.9 Å². The number of carboxylic acid groups (broad SMARTS) is 1. The van der Waals surface area contributed by atoms with Crippen molar-refractivity contribution in [3.05, 3.63) is 34.6 Å².